The minimum atomic E-state index is -4.64. The molecule has 0 rings (SSSR count). The maximum atomic E-state index is 12.9. The summed E-state index contributed by atoms with van der Waals surface area (Å²) in [6.07, 6.45) is 90.0. The smallest absolute Gasteiger partial charge is 0.306 e. The largest absolute Gasteiger partial charge is 0.756 e. The Hall–Kier alpha value is -2.55. The molecule has 0 fully saturated rings. The molecule has 0 amide bonds. The van der Waals surface area contributed by atoms with E-state index in [2.05, 4.69) is 86.8 Å². The molecule has 0 saturated carbocycles. The zero-order valence-corrected chi connectivity index (χ0v) is 58.2. The summed E-state index contributed by atoms with van der Waals surface area (Å²) in [5.74, 6) is -0.817. The van der Waals surface area contributed by atoms with Crippen LogP contribution in [0.1, 0.15) is 348 Å². The summed E-state index contributed by atoms with van der Waals surface area (Å²) in [6.45, 7) is 4.18. The number of phosphoric acid groups is 1. The van der Waals surface area contributed by atoms with Crippen LogP contribution in [0.15, 0.2) is 72.9 Å². The van der Waals surface area contributed by atoms with Crippen molar-refractivity contribution in [2.75, 3.05) is 47.5 Å². The van der Waals surface area contributed by atoms with Gasteiger partial charge in [-0.1, -0.05) is 324 Å². The van der Waals surface area contributed by atoms with Gasteiger partial charge in [0.15, 0.2) is 6.10 Å². The van der Waals surface area contributed by atoms with Crippen LogP contribution >= 0.6 is 7.82 Å². The highest BCUT2D eigenvalue weighted by Crippen LogP contribution is 2.38. The van der Waals surface area contributed by atoms with Crippen LogP contribution in [0.25, 0.3) is 0 Å². The molecule has 10 heteroatoms. The number of carbonyl (C=O) groups is 2. The monoisotopic (exact) mass is 1230 g/mol. The first-order chi connectivity index (χ1) is 42.0. The molecule has 0 aromatic carbocycles. The molecule has 0 aliphatic carbocycles. The van der Waals surface area contributed by atoms with Gasteiger partial charge in [-0.2, -0.15) is 0 Å². The first kappa shape index (κ1) is 83.5. The van der Waals surface area contributed by atoms with Crippen LogP contribution in [0.3, 0.4) is 0 Å². The van der Waals surface area contributed by atoms with Gasteiger partial charge in [0.05, 0.1) is 27.7 Å². The van der Waals surface area contributed by atoms with Crippen LogP contribution in [0, 0.1) is 0 Å². The minimum absolute atomic E-state index is 0.0297. The summed E-state index contributed by atoms with van der Waals surface area (Å²) in [7, 11) is 1.18. The van der Waals surface area contributed by atoms with Crippen molar-refractivity contribution in [2.24, 2.45) is 0 Å². The number of likely N-dealkylation sites (N-methyl/N-ethyl adjacent to an activating group) is 1. The third kappa shape index (κ3) is 70.5. The Labute approximate surface area is 533 Å². The number of esters is 2. The Morgan fingerprint density at radius 3 is 1.00 bits per heavy atom. The normalized spacial score (nSPS) is 13.5. The van der Waals surface area contributed by atoms with Crippen molar-refractivity contribution in [1.29, 1.82) is 0 Å². The lowest BCUT2D eigenvalue weighted by molar-refractivity contribution is -0.870. The van der Waals surface area contributed by atoms with E-state index in [9.17, 15) is 19.0 Å². The number of unbranched alkanes of at least 4 members (excludes halogenated alkanes) is 42. The minimum Gasteiger partial charge on any atom is -0.756 e. The highest BCUT2D eigenvalue weighted by Gasteiger charge is 2.22. The van der Waals surface area contributed by atoms with Gasteiger partial charge in [-0.3, -0.25) is 14.2 Å². The molecule has 0 aromatic heterocycles. The van der Waals surface area contributed by atoms with E-state index in [4.69, 9.17) is 18.5 Å². The van der Waals surface area contributed by atoms with Crippen LogP contribution in [0.2, 0.25) is 0 Å². The average molecular weight is 1230 g/mol. The van der Waals surface area contributed by atoms with E-state index in [-0.39, 0.29) is 32.0 Å². The van der Waals surface area contributed by atoms with Crippen molar-refractivity contribution < 1.29 is 42.1 Å². The maximum Gasteiger partial charge on any atom is 0.306 e. The van der Waals surface area contributed by atoms with Gasteiger partial charge in [-0.15, -0.1) is 0 Å². The van der Waals surface area contributed by atoms with Crippen LogP contribution in [-0.4, -0.2) is 70.0 Å². The van der Waals surface area contributed by atoms with E-state index in [0.29, 0.717) is 17.4 Å². The molecule has 0 aliphatic rings. The van der Waals surface area contributed by atoms with Gasteiger partial charge in [0, 0.05) is 12.8 Å². The lowest BCUT2D eigenvalue weighted by Gasteiger charge is -2.28. The SMILES string of the molecule is CC/C=C\C/C=C\C/C=C\C/C=C\C/C=C\CCCCCCCCCCCCCCCCCCCCCCCCCC(=O)OC(COC(=O)CCCCCCCCCCCCC/C=C\CCCCCCCCCC)COP(=O)([O-])OCC[N+](C)(C)C. The van der Waals surface area contributed by atoms with Gasteiger partial charge in [0.25, 0.3) is 7.82 Å². The van der Waals surface area contributed by atoms with Crippen molar-refractivity contribution in [2.45, 2.75) is 354 Å². The zero-order valence-electron chi connectivity index (χ0n) is 57.3. The fourth-order valence-electron chi connectivity index (χ4n) is 10.6. The molecule has 9 nitrogen and oxygen atoms in total. The number of nitrogens with zero attached hydrogens (tertiary/aromatic N) is 1. The topological polar surface area (TPSA) is 111 Å². The number of hydrogen-bond acceptors (Lipinski definition) is 8. The van der Waals surface area contributed by atoms with Crippen molar-refractivity contribution in [1.82, 2.24) is 0 Å². The van der Waals surface area contributed by atoms with Gasteiger partial charge in [-0.25, -0.2) is 0 Å². The molecule has 502 valence electrons. The highest BCUT2D eigenvalue weighted by molar-refractivity contribution is 7.45. The second kappa shape index (κ2) is 66.9. The Morgan fingerprint density at radius 1 is 0.372 bits per heavy atom. The maximum absolute atomic E-state index is 12.9. The Bertz CT molecular complexity index is 1680. The molecule has 2 unspecified atom stereocenters. The molecule has 0 N–H and O–H groups in total. The average Bonchev–Trinajstić information content (AvgIpc) is 3.56. The Balaban J connectivity index is 3.94. The summed E-state index contributed by atoms with van der Waals surface area (Å²) in [6, 6.07) is 0. The van der Waals surface area contributed by atoms with Gasteiger partial charge in [-0.05, 0) is 83.5 Å². The lowest BCUT2D eigenvalue weighted by atomic mass is 10.0. The zero-order chi connectivity index (χ0) is 62.6. The van der Waals surface area contributed by atoms with Gasteiger partial charge in [0.2, 0.25) is 0 Å². The molecule has 0 aromatic rings. The second-order valence-electron chi connectivity index (χ2n) is 25.9. The number of carbonyl (C=O) groups excluding carboxylic acids is 2. The number of ether oxygens (including phenoxy) is 2. The molecular formula is C76H140NO8P. The third-order valence-corrected chi connectivity index (χ3v) is 17.2. The summed E-state index contributed by atoms with van der Waals surface area (Å²) in [4.78, 5) is 38.1. The van der Waals surface area contributed by atoms with Crippen molar-refractivity contribution in [3.05, 3.63) is 72.9 Å². The number of hydrogen-bond donors (Lipinski definition) is 0. The number of phosphoric ester groups is 1. The molecule has 0 bridgehead atoms. The lowest BCUT2D eigenvalue weighted by Crippen LogP contribution is -2.37. The number of quaternary nitrogens is 1. The van der Waals surface area contributed by atoms with Crippen molar-refractivity contribution in [3.63, 3.8) is 0 Å². The molecule has 86 heavy (non-hydrogen) atoms. The highest BCUT2D eigenvalue weighted by atomic mass is 31.2. The fourth-order valence-corrected chi connectivity index (χ4v) is 11.4. The first-order valence-corrected chi connectivity index (χ1v) is 38.1. The van der Waals surface area contributed by atoms with E-state index in [1.807, 2.05) is 21.1 Å². The van der Waals surface area contributed by atoms with Crippen LogP contribution in [0.5, 0.6) is 0 Å². The Kier molecular flexibility index (Phi) is 64.9. The van der Waals surface area contributed by atoms with E-state index in [1.165, 1.54) is 250 Å². The number of allylic oxidation sites excluding steroid dienone is 12. The predicted molar refractivity (Wildman–Crippen MR) is 370 cm³/mol. The number of rotatable bonds is 68. The standard InChI is InChI=1S/C76H140NO8P/c1-6-8-10-12-14-16-18-20-22-24-26-28-30-31-32-33-34-35-36-37-38-39-40-41-42-43-44-45-47-49-51-53-55-57-59-61-63-65-67-69-76(79)85-74(73-84-86(80,81)83-71-70-77(3,4)5)72-82-75(78)68-66-64-62-60-58-56-54-52-50-48-46-29-27-25-23-21-19-17-15-13-11-9-7-2/h8,10,14,16,20,22,25-28,31-32,74H,6-7,9,11-13,15,17-19,21,23-24,29-30,33-73H2,1-5H3/b10-8-,16-14-,22-20-,27-25-,28-26-,32-31-. The van der Waals surface area contributed by atoms with Crippen LogP contribution in [-0.2, 0) is 32.7 Å². The molecule has 0 spiro atoms. The van der Waals surface area contributed by atoms with E-state index in [1.54, 1.807) is 0 Å². The van der Waals surface area contributed by atoms with E-state index in [0.717, 1.165) is 64.2 Å². The second-order valence-corrected chi connectivity index (χ2v) is 27.3. The Morgan fingerprint density at radius 2 is 0.663 bits per heavy atom. The predicted octanol–water partition coefficient (Wildman–Crippen LogP) is 23.3. The van der Waals surface area contributed by atoms with E-state index >= 15 is 0 Å². The quantitative estimate of drug-likeness (QED) is 0.0195. The van der Waals surface area contributed by atoms with Crippen LogP contribution in [0.4, 0.5) is 0 Å². The molecule has 2 atom stereocenters. The van der Waals surface area contributed by atoms with Gasteiger partial charge < -0.3 is 27.9 Å². The summed E-state index contributed by atoms with van der Waals surface area (Å²) < 4.78 is 34.3. The van der Waals surface area contributed by atoms with E-state index < -0.39 is 26.5 Å². The summed E-state index contributed by atoms with van der Waals surface area (Å²) >= 11 is 0. The van der Waals surface area contributed by atoms with Crippen molar-refractivity contribution >= 4 is 19.8 Å². The van der Waals surface area contributed by atoms with Gasteiger partial charge in [0.1, 0.15) is 19.8 Å². The van der Waals surface area contributed by atoms with Crippen LogP contribution < -0.4 is 4.89 Å². The van der Waals surface area contributed by atoms with Gasteiger partial charge >= 0.3 is 11.9 Å². The van der Waals surface area contributed by atoms with Crippen molar-refractivity contribution in [3.8, 4) is 0 Å². The summed E-state index contributed by atoms with van der Waals surface area (Å²) in [5.41, 5.74) is 0. The summed E-state index contributed by atoms with van der Waals surface area (Å²) in [5, 5.41) is 0. The third-order valence-electron chi connectivity index (χ3n) is 16.2. The fraction of sp³-hybridized carbons (Fsp3) is 0.816. The molecule has 0 aliphatic heterocycles. The molecule has 0 saturated heterocycles. The molecular weight excluding hydrogens is 1090 g/mol. The molecule has 0 radical (unpaired) electrons. The first-order valence-electron chi connectivity index (χ1n) is 36.6. The molecule has 0 heterocycles.